The molecule has 0 bridgehead atoms. The Balaban J connectivity index is 2.18. The fraction of sp³-hybridized carbons (Fsp3) is 0. The maximum Gasteiger partial charge on any atom is 0.212 e. The van der Waals surface area contributed by atoms with Gasteiger partial charge in [0.1, 0.15) is 0 Å². The molecule has 2 N–H and O–H groups in total. The van der Waals surface area contributed by atoms with Gasteiger partial charge >= 0.3 is 0 Å². The fourth-order valence-corrected chi connectivity index (χ4v) is 1.85. The van der Waals surface area contributed by atoms with Gasteiger partial charge in [-0.2, -0.15) is 0 Å². The van der Waals surface area contributed by atoms with Crippen LogP contribution in [0.15, 0.2) is 45.6 Å². The van der Waals surface area contributed by atoms with E-state index in [2.05, 4.69) is 10.1 Å². The summed E-state index contributed by atoms with van der Waals surface area (Å²) in [4.78, 5) is 3.96. The van der Waals surface area contributed by atoms with Crippen molar-refractivity contribution in [3.8, 4) is 22.6 Å². The van der Waals surface area contributed by atoms with Gasteiger partial charge in [-0.25, -0.2) is 0 Å². The van der Waals surface area contributed by atoms with E-state index in [-0.39, 0.29) is 5.22 Å². The molecule has 3 rings (SSSR count). The van der Waals surface area contributed by atoms with Crippen LogP contribution < -0.4 is 5.73 Å². The lowest BCUT2D eigenvalue weighted by atomic mass is 10.1. The highest BCUT2D eigenvalue weighted by molar-refractivity contribution is 6.29. The molecule has 0 aliphatic heterocycles. The number of nitrogens with two attached hydrogens (primary N) is 1. The minimum absolute atomic E-state index is 0.278. The van der Waals surface area contributed by atoms with Gasteiger partial charge in [-0.15, -0.1) is 0 Å². The van der Waals surface area contributed by atoms with Gasteiger partial charge in [0, 0.05) is 12.4 Å². The van der Waals surface area contributed by atoms with Crippen LogP contribution in [0.1, 0.15) is 0 Å². The Morgan fingerprint density at radius 2 is 1.89 bits per heavy atom. The van der Waals surface area contributed by atoms with E-state index < -0.39 is 0 Å². The van der Waals surface area contributed by atoms with Crippen LogP contribution in [-0.2, 0) is 0 Å². The van der Waals surface area contributed by atoms with Crippen LogP contribution in [0.4, 0.5) is 5.82 Å². The molecule has 0 saturated heterocycles. The lowest BCUT2D eigenvalue weighted by molar-refractivity contribution is 0.421. The maximum atomic E-state index is 5.82. The molecule has 5 nitrogen and oxygen atoms in total. The van der Waals surface area contributed by atoms with Crippen LogP contribution in [0.3, 0.4) is 0 Å². The summed E-state index contributed by atoms with van der Waals surface area (Å²) < 4.78 is 10.5. The molecule has 0 aromatic carbocycles. The highest BCUT2D eigenvalue weighted by Crippen LogP contribution is 2.37. The summed E-state index contributed by atoms with van der Waals surface area (Å²) >= 11 is 5.75. The highest BCUT2D eigenvalue weighted by Gasteiger charge is 2.20. The first-order valence-corrected chi connectivity index (χ1v) is 5.55. The second-order valence-electron chi connectivity index (χ2n) is 3.61. The van der Waals surface area contributed by atoms with Crippen molar-refractivity contribution in [2.75, 3.05) is 5.73 Å². The lowest BCUT2D eigenvalue weighted by Crippen LogP contribution is -1.88. The second kappa shape index (κ2) is 4.19. The molecule has 3 aromatic rings. The van der Waals surface area contributed by atoms with E-state index >= 15 is 0 Å². The molecule has 3 aromatic heterocycles. The molecule has 0 radical (unpaired) electrons. The van der Waals surface area contributed by atoms with E-state index in [1.54, 1.807) is 24.5 Å². The van der Waals surface area contributed by atoms with Crippen LogP contribution >= 0.6 is 11.6 Å². The van der Waals surface area contributed by atoms with Gasteiger partial charge in [-0.1, -0.05) is 5.16 Å². The maximum absolute atomic E-state index is 5.82. The number of hydrogen-bond acceptors (Lipinski definition) is 5. The van der Waals surface area contributed by atoms with Crippen molar-refractivity contribution in [3.05, 3.63) is 41.9 Å². The summed E-state index contributed by atoms with van der Waals surface area (Å²) in [6, 6.07) is 6.97. The number of pyridine rings is 1. The van der Waals surface area contributed by atoms with Crippen LogP contribution in [0, 0.1) is 0 Å². The molecule has 0 aliphatic carbocycles. The zero-order valence-electron chi connectivity index (χ0n) is 9.13. The van der Waals surface area contributed by atoms with Gasteiger partial charge < -0.3 is 14.7 Å². The van der Waals surface area contributed by atoms with Gasteiger partial charge in [0.25, 0.3) is 0 Å². The van der Waals surface area contributed by atoms with Crippen molar-refractivity contribution in [3.63, 3.8) is 0 Å². The Labute approximate surface area is 107 Å². The number of anilines is 1. The molecule has 6 heteroatoms. The van der Waals surface area contributed by atoms with Gasteiger partial charge in [0.15, 0.2) is 16.8 Å². The second-order valence-corrected chi connectivity index (χ2v) is 3.98. The Hall–Kier alpha value is -2.27. The number of halogens is 1. The molecule has 0 saturated carbocycles. The Kier molecular flexibility index (Phi) is 2.53. The fourth-order valence-electron chi connectivity index (χ4n) is 1.70. The number of aromatic nitrogens is 2. The molecule has 0 atom stereocenters. The van der Waals surface area contributed by atoms with Crippen molar-refractivity contribution in [1.82, 2.24) is 10.1 Å². The zero-order chi connectivity index (χ0) is 12.5. The smallest absolute Gasteiger partial charge is 0.212 e. The van der Waals surface area contributed by atoms with Crippen LogP contribution in [0.25, 0.3) is 22.6 Å². The predicted molar refractivity (Wildman–Crippen MR) is 66.9 cm³/mol. The number of hydrogen-bond donors (Lipinski definition) is 1. The van der Waals surface area contributed by atoms with E-state index in [1.807, 2.05) is 12.1 Å². The highest BCUT2D eigenvalue weighted by atomic mass is 35.5. The summed E-state index contributed by atoms with van der Waals surface area (Å²) in [5, 5.41) is 4.04. The van der Waals surface area contributed by atoms with Gasteiger partial charge in [0.2, 0.25) is 5.76 Å². The topological polar surface area (TPSA) is 78.1 Å². The number of nitrogen functional groups attached to an aromatic ring is 1. The number of furan rings is 1. The van der Waals surface area contributed by atoms with E-state index in [1.165, 1.54) is 0 Å². The third-order valence-electron chi connectivity index (χ3n) is 2.48. The standard InChI is InChI=1S/C12H8ClN3O2/c13-9-2-1-8(17-9)11-10(12(14)16-18-11)7-3-5-15-6-4-7/h1-6H,(H2,14,16). The molecule has 0 fully saturated rings. The van der Waals surface area contributed by atoms with E-state index in [4.69, 9.17) is 26.3 Å². The first-order chi connectivity index (χ1) is 8.75. The van der Waals surface area contributed by atoms with Gasteiger partial charge in [-0.3, -0.25) is 4.98 Å². The molecule has 90 valence electrons. The molecular formula is C12H8ClN3O2. The Morgan fingerprint density at radius 1 is 1.11 bits per heavy atom. The Morgan fingerprint density at radius 3 is 2.56 bits per heavy atom. The zero-order valence-corrected chi connectivity index (χ0v) is 9.89. The average molecular weight is 262 g/mol. The SMILES string of the molecule is Nc1noc(-c2ccc(Cl)o2)c1-c1ccncc1. The molecule has 0 unspecified atom stereocenters. The van der Waals surface area contributed by atoms with Crippen molar-refractivity contribution >= 4 is 17.4 Å². The van der Waals surface area contributed by atoms with Crippen molar-refractivity contribution in [1.29, 1.82) is 0 Å². The predicted octanol–water partition coefficient (Wildman–Crippen LogP) is 3.23. The summed E-state index contributed by atoms with van der Waals surface area (Å²) in [7, 11) is 0. The van der Waals surface area contributed by atoms with E-state index in [0.29, 0.717) is 22.9 Å². The first kappa shape index (κ1) is 10.9. The number of rotatable bonds is 2. The van der Waals surface area contributed by atoms with Crippen molar-refractivity contribution in [2.45, 2.75) is 0 Å². The Bertz CT molecular complexity index is 676. The molecule has 0 amide bonds. The normalized spacial score (nSPS) is 10.7. The third-order valence-corrected chi connectivity index (χ3v) is 2.69. The molecular weight excluding hydrogens is 254 g/mol. The minimum atomic E-state index is 0.278. The summed E-state index contributed by atoms with van der Waals surface area (Å²) in [5.41, 5.74) is 7.34. The number of nitrogens with zero attached hydrogens (tertiary/aromatic N) is 2. The first-order valence-electron chi connectivity index (χ1n) is 5.17. The molecule has 0 spiro atoms. The quantitative estimate of drug-likeness (QED) is 0.766. The molecule has 0 aliphatic rings. The molecule has 18 heavy (non-hydrogen) atoms. The van der Waals surface area contributed by atoms with Crippen LogP contribution in [0.5, 0.6) is 0 Å². The average Bonchev–Trinajstić information content (AvgIpc) is 2.96. The van der Waals surface area contributed by atoms with Gasteiger partial charge in [-0.05, 0) is 41.4 Å². The van der Waals surface area contributed by atoms with E-state index in [9.17, 15) is 0 Å². The summed E-state index contributed by atoms with van der Waals surface area (Å²) in [6.45, 7) is 0. The van der Waals surface area contributed by atoms with Crippen LogP contribution in [-0.4, -0.2) is 10.1 Å². The van der Waals surface area contributed by atoms with Crippen LogP contribution in [0.2, 0.25) is 5.22 Å². The van der Waals surface area contributed by atoms with E-state index in [0.717, 1.165) is 5.56 Å². The molecule has 3 heterocycles. The van der Waals surface area contributed by atoms with Crippen molar-refractivity contribution in [2.24, 2.45) is 0 Å². The summed E-state index contributed by atoms with van der Waals surface area (Å²) in [5.74, 6) is 1.23. The minimum Gasteiger partial charge on any atom is -0.441 e. The third kappa shape index (κ3) is 1.74. The van der Waals surface area contributed by atoms with Crippen molar-refractivity contribution < 1.29 is 8.94 Å². The summed E-state index contributed by atoms with van der Waals surface area (Å²) in [6.07, 6.45) is 3.33. The lowest BCUT2D eigenvalue weighted by Gasteiger charge is -1.99. The largest absolute Gasteiger partial charge is 0.441 e. The van der Waals surface area contributed by atoms with Gasteiger partial charge in [0.05, 0.1) is 5.56 Å². The monoisotopic (exact) mass is 261 g/mol.